The minimum atomic E-state index is -2.72. The number of hydrogen-bond donors (Lipinski definition) is 1. The van der Waals surface area contributed by atoms with Gasteiger partial charge in [-0.05, 0) is 12.1 Å². The Morgan fingerprint density at radius 2 is 2.33 bits per heavy atom. The van der Waals surface area contributed by atoms with Crippen LogP contribution in [-0.2, 0) is 0 Å². The molecule has 0 saturated heterocycles. The minimum absolute atomic E-state index is 0.360. The van der Waals surface area contributed by atoms with Gasteiger partial charge in [0.15, 0.2) is 0 Å². The number of hydrogen-bond acceptors (Lipinski definition) is 3. The first kappa shape index (κ1) is 8.83. The van der Waals surface area contributed by atoms with E-state index in [-0.39, 0.29) is 0 Å². The average Bonchev–Trinajstić information content (AvgIpc) is 2.02. The molecule has 0 aromatic carbocycles. The molecule has 0 bridgehead atoms. The summed E-state index contributed by atoms with van der Waals surface area (Å²) in [6.45, 7) is 0.419. The van der Waals surface area contributed by atoms with Crippen molar-refractivity contribution in [2.45, 2.75) is 12.8 Å². The number of rotatable bonds is 3. The summed E-state index contributed by atoms with van der Waals surface area (Å²) >= 11 is 0. The summed E-state index contributed by atoms with van der Waals surface area (Å²) in [5.41, 5.74) is 0. The maximum absolute atomic E-state index is 12.3. The van der Waals surface area contributed by atoms with Crippen LogP contribution in [0.4, 0.5) is 14.6 Å². The molecule has 3 nitrogen and oxygen atoms in total. The summed E-state index contributed by atoms with van der Waals surface area (Å²) in [6.07, 6.45) is 1.48. The van der Waals surface area contributed by atoms with Crippen LogP contribution < -0.4 is 5.32 Å². The molecule has 0 aliphatic carbocycles. The monoisotopic (exact) mass is 173 g/mol. The van der Waals surface area contributed by atoms with Crippen LogP contribution in [0.3, 0.4) is 0 Å². The van der Waals surface area contributed by atoms with Crippen LogP contribution in [0.25, 0.3) is 0 Å². The number of halogens is 2. The Morgan fingerprint density at radius 3 is 2.83 bits per heavy atom. The summed E-state index contributed by atoms with van der Waals surface area (Å²) in [5, 5.41) is 9.58. The van der Waals surface area contributed by atoms with Gasteiger partial charge in [0, 0.05) is 13.1 Å². The summed E-state index contributed by atoms with van der Waals surface area (Å²) in [7, 11) is 0. The molecule has 0 spiro atoms. The second-order valence-electron chi connectivity index (χ2n) is 2.53. The molecule has 5 heteroatoms. The third-order valence-corrected chi connectivity index (χ3v) is 1.15. The molecule has 1 aromatic heterocycles. The lowest BCUT2D eigenvalue weighted by molar-refractivity contribution is 0.0367. The van der Waals surface area contributed by atoms with Gasteiger partial charge in [-0.1, -0.05) is 0 Å². The standard InChI is InChI=1S/C7H9F2N3/c1-7(8,9)5-10-6-3-2-4-11-12-6/h2-4H,5H2,1H3,(H,10,12). The predicted molar refractivity (Wildman–Crippen MR) is 41.1 cm³/mol. The quantitative estimate of drug-likeness (QED) is 0.753. The number of nitrogens with one attached hydrogen (secondary N) is 1. The van der Waals surface area contributed by atoms with E-state index in [2.05, 4.69) is 15.5 Å². The van der Waals surface area contributed by atoms with Crippen molar-refractivity contribution < 1.29 is 8.78 Å². The van der Waals surface area contributed by atoms with Crippen molar-refractivity contribution in [2.75, 3.05) is 11.9 Å². The van der Waals surface area contributed by atoms with E-state index in [0.717, 1.165) is 6.92 Å². The van der Waals surface area contributed by atoms with E-state index in [1.165, 1.54) is 6.20 Å². The van der Waals surface area contributed by atoms with Crippen LogP contribution in [0.15, 0.2) is 18.3 Å². The first-order chi connectivity index (χ1) is 5.58. The maximum atomic E-state index is 12.3. The molecule has 0 aliphatic rings. The van der Waals surface area contributed by atoms with E-state index in [9.17, 15) is 8.78 Å². The zero-order chi connectivity index (χ0) is 9.03. The lowest BCUT2D eigenvalue weighted by Gasteiger charge is -2.10. The average molecular weight is 173 g/mol. The summed E-state index contributed by atoms with van der Waals surface area (Å²) in [4.78, 5) is 0. The van der Waals surface area contributed by atoms with Crippen LogP contribution in [0, 0.1) is 0 Å². The Hall–Kier alpha value is -1.26. The Labute approximate surface area is 68.8 Å². The first-order valence-electron chi connectivity index (χ1n) is 3.47. The van der Waals surface area contributed by atoms with Crippen molar-refractivity contribution in [2.24, 2.45) is 0 Å². The van der Waals surface area contributed by atoms with Crippen LogP contribution in [0.2, 0.25) is 0 Å². The molecule has 1 N–H and O–H groups in total. The van der Waals surface area contributed by atoms with E-state index < -0.39 is 12.5 Å². The fraction of sp³-hybridized carbons (Fsp3) is 0.429. The highest BCUT2D eigenvalue weighted by Gasteiger charge is 2.20. The molecule has 12 heavy (non-hydrogen) atoms. The van der Waals surface area contributed by atoms with Crippen LogP contribution >= 0.6 is 0 Å². The molecule has 0 fully saturated rings. The SMILES string of the molecule is CC(F)(F)CNc1cccnn1. The minimum Gasteiger partial charge on any atom is -0.363 e. The number of alkyl halides is 2. The Bertz CT molecular complexity index is 232. The van der Waals surface area contributed by atoms with Gasteiger partial charge >= 0.3 is 0 Å². The van der Waals surface area contributed by atoms with Crippen molar-refractivity contribution in [1.82, 2.24) is 10.2 Å². The van der Waals surface area contributed by atoms with Crippen LogP contribution in [-0.4, -0.2) is 22.7 Å². The third-order valence-electron chi connectivity index (χ3n) is 1.15. The first-order valence-corrected chi connectivity index (χ1v) is 3.47. The van der Waals surface area contributed by atoms with Crippen molar-refractivity contribution in [3.05, 3.63) is 18.3 Å². The maximum Gasteiger partial charge on any atom is 0.262 e. The lowest BCUT2D eigenvalue weighted by Crippen LogP contribution is -2.23. The summed E-state index contributed by atoms with van der Waals surface area (Å²) in [6, 6.07) is 3.21. The zero-order valence-electron chi connectivity index (χ0n) is 6.59. The lowest BCUT2D eigenvalue weighted by atomic mass is 10.4. The molecular formula is C7H9F2N3. The highest BCUT2D eigenvalue weighted by molar-refractivity contribution is 5.31. The molecule has 1 aromatic rings. The largest absolute Gasteiger partial charge is 0.363 e. The summed E-state index contributed by atoms with van der Waals surface area (Å²) < 4.78 is 24.6. The molecule has 0 aliphatic heterocycles. The Morgan fingerprint density at radius 1 is 1.58 bits per heavy atom. The zero-order valence-corrected chi connectivity index (χ0v) is 6.59. The Balaban J connectivity index is 2.44. The van der Waals surface area contributed by atoms with Crippen molar-refractivity contribution in [3.8, 4) is 0 Å². The molecule has 1 rings (SSSR count). The molecule has 66 valence electrons. The van der Waals surface area contributed by atoms with Gasteiger partial charge in [0.05, 0.1) is 6.54 Å². The third kappa shape index (κ3) is 3.23. The summed E-state index contributed by atoms with van der Waals surface area (Å²) in [5.74, 6) is -2.36. The van der Waals surface area contributed by atoms with Gasteiger partial charge in [0.1, 0.15) is 5.82 Å². The van der Waals surface area contributed by atoms with Gasteiger partial charge in [0.2, 0.25) is 0 Å². The van der Waals surface area contributed by atoms with E-state index in [4.69, 9.17) is 0 Å². The van der Waals surface area contributed by atoms with Gasteiger partial charge in [-0.3, -0.25) is 0 Å². The Kier molecular flexibility index (Phi) is 2.52. The highest BCUT2D eigenvalue weighted by atomic mass is 19.3. The topological polar surface area (TPSA) is 37.8 Å². The number of nitrogens with zero attached hydrogens (tertiary/aromatic N) is 2. The van der Waals surface area contributed by atoms with Gasteiger partial charge in [-0.2, -0.15) is 5.10 Å². The second kappa shape index (κ2) is 3.42. The van der Waals surface area contributed by atoms with E-state index in [1.54, 1.807) is 12.1 Å². The molecule has 0 radical (unpaired) electrons. The second-order valence-corrected chi connectivity index (χ2v) is 2.53. The smallest absolute Gasteiger partial charge is 0.262 e. The fourth-order valence-corrected chi connectivity index (χ4v) is 0.642. The molecular weight excluding hydrogens is 164 g/mol. The normalized spacial score (nSPS) is 11.2. The van der Waals surface area contributed by atoms with Gasteiger partial charge < -0.3 is 5.32 Å². The number of anilines is 1. The van der Waals surface area contributed by atoms with Crippen LogP contribution in [0.5, 0.6) is 0 Å². The molecule has 0 saturated carbocycles. The van der Waals surface area contributed by atoms with Gasteiger partial charge in [-0.25, -0.2) is 8.78 Å². The highest BCUT2D eigenvalue weighted by Crippen LogP contribution is 2.11. The fourth-order valence-electron chi connectivity index (χ4n) is 0.642. The molecule has 1 heterocycles. The van der Waals surface area contributed by atoms with E-state index >= 15 is 0 Å². The van der Waals surface area contributed by atoms with E-state index in [1.807, 2.05) is 0 Å². The van der Waals surface area contributed by atoms with Gasteiger partial charge in [-0.15, -0.1) is 5.10 Å². The van der Waals surface area contributed by atoms with Crippen LogP contribution in [0.1, 0.15) is 6.92 Å². The predicted octanol–water partition coefficient (Wildman–Crippen LogP) is 1.54. The number of aromatic nitrogens is 2. The molecule has 0 amide bonds. The van der Waals surface area contributed by atoms with Crippen molar-refractivity contribution in [1.29, 1.82) is 0 Å². The molecule has 0 atom stereocenters. The van der Waals surface area contributed by atoms with Gasteiger partial charge in [0.25, 0.3) is 5.92 Å². The van der Waals surface area contributed by atoms with Crippen molar-refractivity contribution in [3.63, 3.8) is 0 Å². The van der Waals surface area contributed by atoms with E-state index in [0.29, 0.717) is 5.82 Å². The van der Waals surface area contributed by atoms with Crippen molar-refractivity contribution >= 4 is 5.82 Å². The molecule has 0 unspecified atom stereocenters.